The van der Waals surface area contributed by atoms with Crippen molar-refractivity contribution in [2.24, 2.45) is 0 Å². The molecule has 1 saturated carbocycles. The maximum Gasteiger partial charge on any atom is 0.270 e. The molecule has 2 saturated heterocycles. The van der Waals surface area contributed by atoms with Gasteiger partial charge in [0.25, 0.3) is 11.8 Å². The van der Waals surface area contributed by atoms with Crippen LogP contribution in [0.5, 0.6) is 0 Å². The maximum atomic E-state index is 13.1. The molecule has 0 spiro atoms. The lowest BCUT2D eigenvalue weighted by Crippen LogP contribution is -2.52. The Labute approximate surface area is 348 Å². The first-order valence-corrected chi connectivity index (χ1v) is 21.9. The largest absolute Gasteiger partial charge is 0.367 e. The number of aromatic nitrogens is 4. The average molecular weight is 821 g/mol. The van der Waals surface area contributed by atoms with Crippen molar-refractivity contribution in [3.63, 3.8) is 0 Å². The summed E-state index contributed by atoms with van der Waals surface area (Å²) in [6, 6.07) is 11.2. The highest BCUT2D eigenvalue weighted by Gasteiger charge is 2.40. The highest BCUT2D eigenvalue weighted by molar-refractivity contribution is 7.99. The number of nitrogens with zero attached hydrogens (tertiary/aromatic N) is 8. The van der Waals surface area contributed by atoms with Crippen LogP contribution in [-0.4, -0.2) is 116 Å². The van der Waals surface area contributed by atoms with E-state index in [9.17, 15) is 24.0 Å². The molecule has 16 heteroatoms. The van der Waals surface area contributed by atoms with Crippen LogP contribution in [0.25, 0.3) is 11.0 Å². The summed E-state index contributed by atoms with van der Waals surface area (Å²) in [5.74, 6) is 1.30. The van der Waals surface area contributed by atoms with Crippen molar-refractivity contribution in [2.45, 2.75) is 94.2 Å². The van der Waals surface area contributed by atoms with Crippen molar-refractivity contribution in [1.82, 2.24) is 39.5 Å². The lowest BCUT2D eigenvalue weighted by molar-refractivity contribution is -0.137. The normalized spacial score (nSPS) is 18.4. The molecule has 6 heterocycles. The second kappa shape index (κ2) is 17.8. The second-order valence-electron chi connectivity index (χ2n) is 16.1. The fourth-order valence-corrected chi connectivity index (χ4v) is 9.83. The number of unbranched alkanes of at least 4 members (excludes halogenated alkanes) is 3. The first-order valence-electron chi connectivity index (χ1n) is 20.9. The fourth-order valence-electron chi connectivity index (χ4n) is 8.73. The van der Waals surface area contributed by atoms with Gasteiger partial charge in [-0.3, -0.25) is 29.3 Å². The number of rotatable bonds is 14. The van der Waals surface area contributed by atoms with E-state index in [1.54, 1.807) is 41.9 Å². The molecule has 3 aliphatic heterocycles. The first-order chi connectivity index (χ1) is 28.6. The number of imide groups is 1. The molecule has 1 aliphatic carbocycles. The molecule has 3 aromatic heterocycles. The Morgan fingerprint density at radius 3 is 2.47 bits per heavy atom. The van der Waals surface area contributed by atoms with Crippen LogP contribution in [0, 0.1) is 0 Å². The number of hydrogen-bond acceptors (Lipinski definition) is 11. The van der Waals surface area contributed by atoms with E-state index in [1.807, 2.05) is 47.5 Å². The van der Waals surface area contributed by atoms with Crippen LogP contribution in [0.1, 0.15) is 103 Å². The van der Waals surface area contributed by atoms with E-state index in [4.69, 9.17) is 4.98 Å². The standard InChI is InChI=1S/C43H52N10O5S/c1-49(2)42(58)34-24-28-25-45-43(48-39(28)53(34)29-10-6-7-11-29)46-36-17-15-30(26-44-36)50-19-21-51(22-20-50)38(55)14-5-3-4-8-23-59-35-13-9-12-31-32(35)27-52(41(31)57)33-16-18-37(54)47-40(33)56/h9,12-13,15,17,24-26,29,33H,3-8,10-11,14,16,18-23,27H2,1-2H3,(H,47,54,56)(H,44,45,46,48). The molecule has 0 radical (unpaired) electrons. The third-order valence-electron chi connectivity index (χ3n) is 12.0. The molecule has 1 unspecified atom stereocenters. The van der Waals surface area contributed by atoms with Gasteiger partial charge in [-0.2, -0.15) is 4.98 Å². The van der Waals surface area contributed by atoms with Gasteiger partial charge in [-0.05, 0) is 73.8 Å². The van der Waals surface area contributed by atoms with Crippen molar-refractivity contribution >= 4 is 69.8 Å². The minimum absolute atomic E-state index is 0.0386. The number of amides is 5. The van der Waals surface area contributed by atoms with Crippen LogP contribution < -0.4 is 15.5 Å². The molecule has 2 N–H and O–H groups in total. The topological polar surface area (TPSA) is 166 Å². The van der Waals surface area contributed by atoms with Crippen LogP contribution in [0.4, 0.5) is 17.5 Å². The van der Waals surface area contributed by atoms with Crippen molar-refractivity contribution < 1.29 is 24.0 Å². The van der Waals surface area contributed by atoms with Crippen LogP contribution in [0.2, 0.25) is 0 Å². The number of thioether (sulfide) groups is 1. The summed E-state index contributed by atoms with van der Waals surface area (Å²) in [6.45, 7) is 3.21. The van der Waals surface area contributed by atoms with E-state index in [-0.39, 0.29) is 36.1 Å². The van der Waals surface area contributed by atoms with Crippen molar-refractivity contribution in [1.29, 1.82) is 0 Å². The van der Waals surface area contributed by atoms with Crippen LogP contribution >= 0.6 is 11.8 Å². The minimum Gasteiger partial charge on any atom is -0.367 e. The molecule has 15 nitrogen and oxygen atoms in total. The molecule has 1 aromatic carbocycles. The van der Waals surface area contributed by atoms with Crippen LogP contribution in [0.15, 0.2) is 53.7 Å². The molecule has 59 heavy (non-hydrogen) atoms. The molecular formula is C43H52N10O5S. The van der Waals surface area contributed by atoms with Crippen molar-refractivity contribution in [3.05, 3.63) is 65.6 Å². The third kappa shape index (κ3) is 8.77. The van der Waals surface area contributed by atoms with E-state index < -0.39 is 11.9 Å². The van der Waals surface area contributed by atoms with Gasteiger partial charge in [0, 0.05) is 87.7 Å². The van der Waals surface area contributed by atoms with Crippen LogP contribution in [-0.2, 0) is 20.9 Å². The number of carbonyl (C=O) groups is 5. The second-order valence-corrected chi connectivity index (χ2v) is 17.2. The SMILES string of the molecule is CN(C)C(=O)c1cc2cnc(Nc3ccc(N4CCN(C(=O)CCCCCCSc5cccc6c5CN(C5CCC(=O)NC5=O)C6=O)CC4)cn3)nc2n1C1CCCC1. The predicted molar refractivity (Wildman–Crippen MR) is 226 cm³/mol. The van der Waals surface area contributed by atoms with E-state index in [1.165, 1.54) is 0 Å². The van der Waals surface area contributed by atoms with Crippen LogP contribution in [0.3, 0.4) is 0 Å². The van der Waals surface area contributed by atoms with Gasteiger partial charge in [0.1, 0.15) is 23.2 Å². The Kier molecular flexibility index (Phi) is 12.1. The van der Waals surface area contributed by atoms with E-state index in [0.717, 1.165) is 97.4 Å². The number of fused-ring (bicyclic) bond motifs is 2. The number of pyridine rings is 1. The molecule has 1 atom stereocenters. The Bertz CT molecular complexity index is 2230. The number of carbonyl (C=O) groups excluding carboxylic acids is 5. The summed E-state index contributed by atoms with van der Waals surface area (Å²) in [7, 11) is 3.54. The number of nitrogens with one attached hydrogen (secondary N) is 2. The Morgan fingerprint density at radius 2 is 1.73 bits per heavy atom. The fraction of sp³-hybridized carbons (Fsp3) is 0.488. The zero-order valence-corrected chi connectivity index (χ0v) is 34.6. The number of anilines is 3. The van der Waals surface area contributed by atoms with Gasteiger partial charge in [-0.15, -0.1) is 11.8 Å². The Morgan fingerprint density at radius 1 is 0.932 bits per heavy atom. The van der Waals surface area contributed by atoms with Gasteiger partial charge in [0.15, 0.2) is 0 Å². The van der Waals surface area contributed by atoms with Gasteiger partial charge in [-0.1, -0.05) is 31.7 Å². The van der Waals surface area contributed by atoms with E-state index in [2.05, 4.69) is 30.1 Å². The molecule has 0 bridgehead atoms. The predicted octanol–water partition coefficient (Wildman–Crippen LogP) is 5.54. The van der Waals surface area contributed by atoms with Gasteiger partial charge in [-0.25, -0.2) is 9.97 Å². The molecule has 4 aromatic rings. The van der Waals surface area contributed by atoms with Gasteiger partial charge >= 0.3 is 0 Å². The van der Waals surface area contributed by atoms with E-state index >= 15 is 0 Å². The quantitative estimate of drug-likeness (QED) is 0.0933. The summed E-state index contributed by atoms with van der Waals surface area (Å²) in [5, 5.41) is 6.46. The number of piperidine rings is 1. The van der Waals surface area contributed by atoms with Gasteiger partial charge in [0.05, 0.1) is 11.9 Å². The molecule has 4 aliphatic rings. The molecular weight excluding hydrogens is 769 g/mol. The smallest absolute Gasteiger partial charge is 0.270 e. The summed E-state index contributed by atoms with van der Waals surface area (Å²) in [5.41, 5.74) is 4.00. The number of piperazine rings is 1. The first kappa shape index (κ1) is 40.3. The monoisotopic (exact) mass is 820 g/mol. The molecule has 3 fully saturated rings. The van der Waals surface area contributed by atoms with E-state index in [0.29, 0.717) is 55.5 Å². The zero-order valence-electron chi connectivity index (χ0n) is 33.8. The van der Waals surface area contributed by atoms with Crippen molar-refractivity contribution in [2.75, 3.05) is 56.2 Å². The molecule has 310 valence electrons. The number of benzene rings is 1. The zero-order chi connectivity index (χ0) is 41.0. The molecule has 8 rings (SSSR count). The summed E-state index contributed by atoms with van der Waals surface area (Å²) in [4.78, 5) is 85.8. The minimum atomic E-state index is -0.612. The third-order valence-corrected chi connectivity index (χ3v) is 13.1. The summed E-state index contributed by atoms with van der Waals surface area (Å²) >= 11 is 1.73. The lowest BCUT2D eigenvalue weighted by atomic mass is 10.0. The summed E-state index contributed by atoms with van der Waals surface area (Å²) in [6.07, 6.45) is 13.0. The molecule has 5 amide bonds. The summed E-state index contributed by atoms with van der Waals surface area (Å²) < 4.78 is 2.10. The van der Waals surface area contributed by atoms with Gasteiger partial charge < -0.3 is 29.5 Å². The highest BCUT2D eigenvalue weighted by atomic mass is 32.2. The Hall–Kier alpha value is -5.51. The number of hydrogen-bond donors (Lipinski definition) is 2. The Balaban J connectivity index is 0.753. The average Bonchev–Trinajstić information content (AvgIpc) is 3.99. The van der Waals surface area contributed by atoms with Gasteiger partial charge in [0.2, 0.25) is 23.7 Å². The maximum absolute atomic E-state index is 13.1. The van der Waals surface area contributed by atoms with Crippen molar-refractivity contribution in [3.8, 4) is 0 Å². The lowest BCUT2D eigenvalue weighted by Gasteiger charge is -2.36. The highest BCUT2D eigenvalue weighted by Crippen LogP contribution is 2.36.